The standard InChI is InChI=1S/C20H20F3NO4S/c21-20(22,23)15-4-2-14(3-5-15)13-24(16-6-7-16)29(25,26)17-8-9-18-19(12-17)28-11-1-10-27-18/h2-5,8-9,12,16H,1,6-7,10-11,13H2. The van der Waals surface area contributed by atoms with E-state index in [0.29, 0.717) is 36.7 Å². The maximum atomic E-state index is 13.3. The Balaban J connectivity index is 1.60. The van der Waals surface area contributed by atoms with Crippen molar-refractivity contribution in [2.45, 2.75) is 42.9 Å². The van der Waals surface area contributed by atoms with Gasteiger partial charge in [0.1, 0.15) is 0 Å². The van der Waals surface area contributed by atoms with Crippen molar-refractivity contribution in [1.29, 1.82) is 0 Å². The van der Waals surface area contributed by atoms with E-state index in [0.717, 1.165) is 25.0 Å². The SMILES string of the molecule is O=S(=O)(c1ccc2c(c1)OCCCO2)N(Cc1ccc(C(F)(F)F)cc1)C1CC1. The van der Waals surface area contributed by atoms with Gasteiger partial charge in [-0.15, -0.1) is 0 Å². The predicted octanol–water partition coefficient (Wildman–Crippen LogP) is 4.22. The molecule has 2 aromatic rings. The van der Waals surface area contributed by atoms with Crippen LogP contribution in [-0.2, 0) is 22.7 Å². The van der Waals surface area contributed by atoms with Crippen LogP contribution in [0.1, 0.15) is 30.4 Å². The van der Waals surface area contributed by atoms with E-state index >= 15 is 0 Å². The van der Waals surface area contributed by atoms with E-state index in [-0.39, 0.29) is 17.5 Å². The molecule has 1 aliphatic carbocycles. The van der Waals surface area contributed by atoms with Gasteiger partial charge in [-0.2, -0.15) is 17.5 Å². The van der Waals surface area contributed by atoms with Gasteiger partial charge >= 0.3 is 6.18 Å². The summed E-state index contributed by atoms with van der Waals surface area (Å²) in [7, 11) is -3.84. The Morgan fingerprint density at radius 3 is 2.24 bits per heavy atom. The van der Waals surface area contributed by atoms with Crippen molar-refractivity contribution in [2.75, 3.05) is 13.2 Å². The van der Waals surface area contributed by atoms with Gasteiger partial charge in [0.2, 0.25) is 10.0 Å². The fourth-order valence-electron chi connectivity index (χ4n) is 3.19. The molecule has 156 valence electrons. The molecule has 0 N–H and O–H groups in total. The fraction of sp³-hybridized carbons (Fsp3) is 0.400. The number of rotatable bonds is 5. The smallest absolute Gasteiger partial charge is 0.416 e. The van der Waals surface area contributed by atoms with Crippen molar-refractivity contribution in [1.82, 2.24) is 4.31 Å². The van der Waals surface area contributed by atoms with E-state index < -0.39 is 21.8 Å². The molecule has 1 heterocycles. The zero-order valence-electron chi connectivity index (χ0n) is 15.5. The van der Waals surface area contributed by atoms with Gasteiger partial charge in [-0.3, -0.25) is 0 Å². The quantitative estimate of drug-likeness (QED) is 0.717. The highest BCUT2D eigenvalue weighted by molar-refractivity contribution is 7.89. The minimum atomic E-state index is -4.43. The number of hydrogen-bond donors (Lipinski definition) is 0. The Hall–Kier alpha value is -2.26. The Kier molecular flexibility index (Phi) is 5.20. The number of halogens is 3. The number of nitrogens with zero attached hydrogens (tertiary/aromatic N) is 1. The maximum absolute atomic E-state index is 13.3. The van der Waals surface area contributed by atoms with E-state index in [1.165, 1.54) is 28.6 Å². The number of ether oxygens (including phenoxy) is 2. The monoisotopic (exact) mass is 427 g/mol. The van der Waals surface area contributed by atoms with Crippen LogP contribution in [0.2, 0.25) is 0 Å². The highest BCUT2D eigenvalue weighted by atomic mass is 32.2. The Morgan fingerprint density at radius 1 is 0.966 bits per heavy atom. The van der Waals surface area contributed by atoms with Gasteiger partial charge in [-0.1, -0.05) is 12.1 Å². The third-order valence-corrected chi connectivity index (χ3v) is 6.79. The average Bonchev–Trinajstić information content (AvgIpc) is 3.52. The molecule has 1 saturated carbocycles. The van der Waals surface area contributed by atoms with Gasteiger partial charge in [0, 0.05) is 25.1 Å². The van der Waals surface area contributed by atoms with Crippen LogP contribution < -0.4 is 9.47 Å². The first-order chi connectivity index (χ1) is 13.7. The lowest BCUT2D eigenvalue weighted by molar-refractivity contribution is -0.137. The minimum absolute atomic E-state index is 0.0135. The van der Waals surface area contributed by atoms with Gasteiger partial charge in [0.05, 0.1) is 23.7 Å². The Bertz CT molecular complexity index is 986. The Labute approximate surface area is 167 Å². The number of benzene rings is 2. The average molecular weight is 427 g/mol. The lowest BCUT2D eigenvalue weighted by Gasteiger charge is -2.23. The van der Waals surface area contributed by atoms with E-state index in [2.05, 4.69) is 0 Å². The number of sulfonamides is 1. The molecule has 0 spiro atoms. The van der Waals surface area contributed by atoms with E-state index in [1.807, 2.05) is 0 Å². The summed E-state index contributed by atoms with van der Waals surface area (Å²) in [5, 5.41) is 0. The van der Waals surface area contributed by atoms with Crippen molar-refractivity contribution >= 4 is 10.0 Å². The summed E-state index contributed by atoms with van der Waals surface area (Å²) in [4.78, 5) is 0.0839. The predicted molar refractivity (Wildman–Crippen MR) is 99.2 cm³/mol. The molecular formula is C20H20F3NO4S. The molecule has 0 atom stereocenters. The topological polar surface area (TPSA) is 55.8 Å². The lowest BCUT2D eigenvalue weighted by atomic mass is 10.1. The molecule has 9 heteroatoms. The van der Waals surface area contributed by atoms with Gasteiger partial charge in [0.15, 0.2) is 11.5 Å². The van der Waals surface area contributed by atoms with Crippen molar-refractivity contribution in [3.63, 3.8) is 0 Å². The molecule has 1 fully saturated rings. The van der Waals surface area contributed by atoms with E-state index in [1.54, 1.807) is 6.07 Å². The molecule has 29 heavy (non-hydrogen) atoms. The molecule has 0 amide bonds. The van der Waals surface area contributed by atoms with Crippen LogP contribution in [0.5, 0.6) is 11.5 Å². The summed E-state index contributed by atoms with van der Waals surface area (Å²) in [6.45, 7) is 0.954. The highest BCUT2D eigenvalue weighted by Gasteiger charge is 2.38. The van der Waals surface area contributed by atoms with Crippen LogP contribution in [0.15, 0.2) is 47.4 Å². The molecule has 0 saturated heterocycles. The molecular weight excluding hydrogens is 407 g/mol. The molecule has 2 aromatic carbocycles. The number of alkyl halides is 3. The first-order valence-electron chi connectivity index (χ1n) is 9.33. The zero-order valence-corrected chi connectivity index (χ0v) is 16.3. The van der Waals surface area contributed by atoms with E-state index in [9.17, 15) is 21.6 Å². The zero-order chi connectivity index (χ0) is 20.6. The fourth-order valence-corrected chi connectivity index (χ4v) is 4.88. The van der Waals surface area contributed by atoms with Crippen molar-refractivity contribution in [3.8, 4) is 11.5 Å². The van der Waals surface area contributed by atoms with Gasteiger partial charge < -0.3 is 9.47 Å². The largest absolute Gasteiger partial charge is 0.490 e. The first kappa shape index (κ1) is 20.0. The summed E-state index contributed by atoms with van der Waals surface area (Å²) in [6, 6.07) is 8.95. The summed E-state index contributed by atoms with van der Waals surface area (Å²) in [5.41, 5.74) is -0.257. The number of fused-ring (bicyclic) bond motifs is 1. The third kappa shape index (κ3) is 4.35. The third-order valence-electron chi connectivity index (χ3n) is 4.90. The van der Waals surface area contributed by atoms with Crippen LogP contribution in [-0.4, -0.2) is 32.0 Å². The second-order valence-corrected chi connectivity index (χ2v) is 9.03. The second kappa shape index (κ2) is 7.53. The molecule has 0 unspecified atom stereocenters. The lowest BCUT2D eigenvalue weighted by Crippen LogP contribution is -2.32. The molecule has 0 radical (unpaired) electrons. The molecule has 1 aliphatic heterocycles. The molecule has 5 nitrogen and oxygen atoms in total. The second-order valence-electron chi connectivity index (χ2n) is 7.14. The minimum Gasteiger partial charge on any atom is -0.490 e. The maximum Gasteiger partial charge on any atom is 0.416 e. The van der Waals surface area contributed by atoms with Crippen LogP contribution in [0.4, 0.5) is 13.2 Å². The molecule has 0 bridgehead atoms. The van der Waals surface area contributed by atoms with Gasteiger partial charge in [0.25, 0.3) is 0 Å². The molecule has 0 aromatic heterocycles. The van der Waals surface area contributed by atoms with Crippen LogP contribution in [0.25, 0.3) is 0 Å². The summed E-state index contributed by atoms with van der Waals surface area (Å²) < 4.78 is 77.3. The summed E-state index contributed by atoms with van der Waals surface area (Å²) in [6.07, 6.45) is -2.27. The van der Waals surface area contributed by atoms with Crippen molar-refractivity contribution < 1.29 is 31.1 Å². The highest BCUT2D eigenvalue weighted by Crippen LogP contribution is 2.37. The normalized spacial score (nSPS) is 17.2. The van der Waals surface area contributed by atoms with Crippen molar-refractivity contribution in [2.24, 2.45) is 0 Å². The summed E-state index contributed by atoms with van der Waals surface area (Å²) in [5.74, 6) is 0.885. The van der Waals surface area contributed by atoms with Crippen molar-refractivity contribution in [3.05, 3.63) is 53.6 Å². The van der Waals surface area contributed by atoms with Gasteiger partial charge in [-0.25, -0.2) is 8.42 Å². The Morgan fingerprint density at radius 2 is 1.62 bits per heavy atom. The van der Waals surface area contributed by atoms with E-state index in [4.69, 9.17) is 9.47 Å². The van der Waals surface area contributed by atoms with Crippen LogP contribution in [0.3, 0.4) is 0 Å². The molecule has 4 rings (SSSR count). The van der Waals surface area contributed by atoms with Crippen LogP contribution >= 0.6 is 0 Å². The molecule has 2 aliphatic rings. The van der Waals surface area contributed by atoms with Gasteiger partial charge in [-0.05, 0) is 42.7 Å². The number of hydrogen-bond acceptors (Lipinski definition) is 4. The van der Waals surface area contributed by atoms with Crippen LogP contribution in [0, 0.1) is 0 Å². The first-order valence-corrected chi connectivity index (χ1v) is 10.8. The summed E-state index contributed by atoms with van der Waals surface area (Å²) >= 11 is 0.